The average molecular weight is 300 g/mol. The normalized spacial score (nSPS) is 11.1. The molecule has 0 aliphatic heterocycles. The van der Waals surface area contributed by atoms with Crippen LogP contribution in [0.25, 0.3) is 10.7 Å². The Balaban J connectivity index is 2.38. The van der Waals surface area contributed by atoms with Crippen LogP contribution in [-0.4, -0.2) is 40.6 Å². The van der Waals surface area contributed by atoms with Crippen molar-refractivity contribution in [2.75, 3.05) is 20.8 Å². The van der Waals surface area contributed by atoms with E-state index in [0.717, 1.165) is 21.4 Å². The molecular weight excluding hydrogens is 284 g/mol. The van der Waals surface area contributed by atoms with E-state index in [4.69, 9.17) is 21.7 Å². The first-order valence-electron chi connectivity index (χ1n) is 5.77. The van der Waals surface area contributed by atoms with E-state index in [1.165, 1.54) is 0 Å². The molecule has 0 unspecified atom stereocenters. The summed E-state index contributed by atoms with van der Waals surface area (Å²) in [6, 6.07) is 0. The lowest BCUT2D eigenvalue weighted by atomic mass is 10.3. The van der Waals surface area contributed by atoms with Crippen LogP contribution in [-0.2, 0) is 22.6 Å². The molecule has 0 aliphatic rings. The summed E-state index contributed by atoms with van der Waals surface area (Å²) >= 11 is 6.81. The second kappa shape index (κ2) is 6.38. The fraction of sp³-hybridized carbons (Fsp3) is 0.545. The van der Waals surface area contributed by atoms with E-state index in [-0.39, 0.29) is 0 Å². The Bertz CT molecular complexity index is 602. The van der Waals surface area contributed by atoms with Gasteiger partial charge in [-0.3, -0.25) is 9.67 Å². The summed E-state index contributed by atoms with van der Waals surface area (Å²) in [6.07, 6.45) is 0. The van der Waals surface area contributed by atoms with Crippen LogP contribution in [0.1, 0.15) is 10.7 Å². The number of rotatable bonds is 6. The van der Waals surface area contributed by atoms with Crippen LogP contribution in [0, 0.1) is 11.7 Å². The lowest BCUT2D eigenvalue weighted by Gasteiger charge is -2.04. The number of methoxy groups -OCH3 is 2. The largest absolute Gasteiger partial charge is 0.383 e. The van der Waals surface area contributed by atoms with E-state index >= 15 is 0 Å². The van der Waals surface area contributed by atoms with Gasteiger partial charge in [-0.25, -0.2) is 4.98 Å². The van der Waals surface area contributed by atoms with E-state index in [9.17, 15) is 0 Å². The molecule has 0 saturated heterocycles. The molecule has 0 radical (unpaired) electrons. The third-order valence-electron chi connectivity index (χ3n) is 2.59. The highest BCUT2D eigenvalue weighted by molar-refractivity contribution is 7.71. The zero-order valence-electron chi connectivity index (χ0n) is 11.1. The van der Waals surface area contributed by atoms with Crippen molar-refractivity contribution < 1.29 is 9.47 Å². The van der Waals surface area contributed by atoms with Crippen LogP contribution >= 0.6 is 23.6 Å². The smallest absolute Gasteiger partial charge is 0.195 e. The number of ether oxygens (including phenoxy) is 2. The summed E-state index contributed by atoms with van der Waals surface area (Å²) in [7, 11) is 3.32. The standard InChI is InChI=1S/C11H16N4O2S2/c1-7-9(19-8(12-7)6-17-3)10-13-14-11(18)15(10)4-5-16-2/h4-6H2,1-3H3,(H,14,18). The number of H-pyrrole nitrogens is 1. The number of nitrogens with zero attached hydrogens (tertiary/aromatic N) is 3. The molecule has 0 aromatic carbocycles. The van der Waals surface area contributed by atoms with Crippen molar-refractivity contribution in [2.24, 2.45) is 0 Å². The number of aromatic nitrogens is 4. The zero-order chi connectivity index (χ0) is 13.8. The van der Waals surface area contributed by atoms with Gasteiger partial charge in [-0.15, -0.1) is 11.3 Å². The molecule has 8 heteroatoms. The Kier molecular flexibility index (Phi) is 4.81. The van der Waals surface area contributed by atoms with Crippen molar-refractivity contribution in [1.82, 2.24) is 19.7 Å². The van der Waals surface area contributed by atoms with Gasteiger partial charge in [0.25, 0.3) is 0 Å². The summed E-state index contributed by atoms with van der Waals surface area (Å²) in [4.78, 5) is 5.48. The maximum absolute atomic E-state index is 5.24. The highest BCUT2D eigenvalue weighted by atomic mass is 32.1. The molecule has 0 fully saturated rings. The zero-order valence-corrected chi connectivity index (χ0v) is 12.7. The second-order valence-corrected chi connectivity index (χ2v) is 5.42. The molecule has 2 heterocycles. The van der Waals surface area contributed by atoms with Crippen LogP contribution in [0.5, 0.6) is 0 Å². The predicted molar refractivity (Wildman–Crippen MR) is 75.8 cm³/mol. The average Bonchev–Trinajstić information content (AvgIpc) is 2.91. The van der Waals surface area contributed by atoms with Gasteiger partial charge >= 0.3 is 0 Å². The van der Waals surface area contributed by atoms with E-state index in [1.807, 2.05) is 11.5 Å². The third kappa shape index (κ3) is 3.08. The molecular formula is C11H16N4O2S2. The summed E-state index contributed by atoms with van der Waals surface area (Å²) in [6.45, 7) is 3.72. The first-order valence-corrected chi connectivity index (χ1v) is 6.99. The molecule has 2 aromatic rings. The van der Waals surface area contributed by atoms with Crippen molar-refractivity contribution in [3.63, 3.8) is 0 Å². The minimum Gasteiger partial charge on any atom is -0.383 e. The molecule has 0 bridgehead atoms. The summed E-state index contributed by atoms with van der Waals surface area (Å²) in [5.41, 5.74) is 0.935. The van der Waals surface area contributed by atoms with Gasteiger partial charge in [-0.05, 0) is 19.1 Å². The molecule has 1 N–H and O–H groups in total. The highest BCUT2D eigenvalue weighted by Gasteiger charge is 2.16. The Morgan fingerprint density at radius 1 is 1.37 bits per heavy atom. The Morgan fingerprint density at radius 3 is 2.84 bits per heavy atom. The number of hydrogen-bond donors (Lipinski definition) is 1. The molecule has 6 nitrogen and oxygen atoms in total. The topological polar surface area (TPSA) is 65.0 Å². The molecule has 0 aliphatic carbocycles. The molecule has 2 aromatic heterocycles. The van der Waals surface area contributed by atoms with Crippen LogP contribution in [0.4, 0.5) is 0 Å². The predicted octanol–water partition coefficient (Wildman–Crippen LogP) is 2.17. The van der Waals surface area contributed by atoms with Gasteiger partial charge in [0.1, 0.15) is 5.01 Å². The molecule has 19 heavy (non-hydrogen) atoms. The van der Waals surface area contributed by atoms with Gasteiger partial charge in [0, 0.05) is 14.2 Å². The lowest BCUT2D eigenvalue weighted by molar-refractivity contribution is 0.184. The van der Waals surface area contributed by atoms with Crippen molar-refractivity contribution in [2.45, 2.75) is 20.1 Å². The van der Waals surface area contributed by atoms with Crippen LogP contribution in [0.2, 0.25) is 0 Å². The summed E-state index contributed by atoms with van der Waals surface area (Å²) < 4.78 is 12.7. The first-order chi connectivity index (χ1) is 9.17. The number of hydrogen-bond acceptors (Lipinski definition) is 6. The van der Waals surface area contributed by atoms with Crippen LogP contribution < -0.4 is 0 Å². The van der Waals surface area contributed by atoms with E-state index in [0.29, 0.717) is 24.5 Å². The molecule has 104 valence electrons. The number of aromatic amines is 1. The van der Waals surface area contributed by atoms with Gasteiger partial charge in [0.05, 0.1) is 30.3 Å². The molecule has 0 amide bonds. The third-order valence-corrected chi connectivity index (χ3v) is 4.03. The van der Waals surface area contributed by atoms with Crippen molar-refractivity contribution in [3.8, 4) is 10.7 Å². The van der Waals surface area contributed by atoms with Gasteiger partial charge in [0.2, 0.25) is 0 Å². The van der Waals surface area contributed by atoms with Crippen LogP contribution in [0.3, 0.4) is 0 Å². The molecule has 0 spiro atoms. The fourth-order valence-corrected chi connectivity index (χ4v) is 2.98. The molecule has 0 atom stereocenters. The first kappa shape index (κ1) is 14.3. The monoisotopic (exact) mass is 300 g/mol. The van der Waals surface area contributed by atoms with Gasteiger partial charge in [-0.1, -0.05) is 0 Å². The van der Waals surface area contributed by atoms with Crippen molar-refractivity contribution in [3.05, 3.63) is 15.5 Å². The summed E-state index contributed by atoms with van der Waals surface area (Å²) in [5, 5.41) is 8.05. The van der Waals surface area contributed by atoms with E-state index in [2.05, 4.69) is 15.2 Å². The molecule has 0 saturated carbocycles. The van der Waals surface area contributed by atoms with E-state index in [1.54, 1.807) is 25.6 Å². The van der Waals surface area contributed by atoms with Crippen molar-refractivity contribution in [1.29, 1.82) is 0 Å². The number of thiazole rings is 1. The number of aryl methyl sites for hydroxylation is 1. The van der Waals surface area contributed by atoms with Gasteiger partial charge in [-0.2, -0.15) is 5.10 Å². The van der Waals surface area contributed by atoms with E-state index < -0.39 is 0 Å². The van der Waals surface area contributed by atoms with Crippen molar-refractivity contribution >= 4 is 23.6 Å². The quantitative estimate of drug-likeness (QED) is 0.828. The Morgan fingerprint density at radius 2 is 2.16 bits per heavy atom. The fourth-order valence-electron chi connectivity index (χ4n) is 1.73. The summed E-state index contributed by atoms with van der Waals surface area (Å²) in [5.74, 6) is 0.805. The molecule has 2 rings (SSSR count). The van der Waals surface area contributed by atoms with Gasteiger partial charge in [0.15, 0.2) is 10.6 Å². The van der Waals surface area contributed by atoms with Gasteiger partial charge < -0.3 is 9.47 Å². The highest BCUT2D eigenvalue weighted by Crippen LogP contribution is 2.29. The SMILES string of the molecule is COCCn1c(-c2sc(COC)nc2C)n[nH]c1=S. The lowest BCUT2D eigenvalue weighted by Crippen LogP contribution is -2.06. The minimum atomic E-state index is 0.509. The maximum atomic E-state index is 5.24. The Labute approximate surface area is 120 Å². The van der Waals surface area contributed by atoms with Crippen LogP contribution in [0.15, 0.2) is 0 Å². The Hall–Kier alpha value is -1.09. The second-order valence-electron chi connectivity index (χ2n) is 3.95. The minimum absolute atomic E-state index is 0.509. The maximum Gasteiger partial charge on any atom is 0.195 e. The number of nitrogens with one attached hydrogen (secondary N) is 1.